The van der Waals surface area contributed by atoms with Gasteiger partial charge in [-0.25, -0.2) is 4.39 Å². The van der Waals surface area contributed by atoms with Crippen LogP contribution < -0.4 is 10.7 Å². The lowest BCUT2D eigenvalue weighted by molar-refractivity contribution is 0.102. The molecule has 0 atom stereocenters. The predicted molar refractivity (Wildman–Crippen MR) is 102 cm³/mol. The van der Waals surface area contributed by atoms with E-state index in [0.717, 1.165) is 25.3 Å². The number of nitrogens with zero attached hydrogens (tertiary/aromatic N) is 1. The van der Waals surface area contributed by atoms with Crippen molar-refractivity contribution >= 4 is 22.5 Å². The number of anilines is 1. The number of benzene rings is 2. The van der Waals surface area contributed by atoms with Crippen LogP contribution >= 0.6 is 0 Å². The molecule has 3 aromatic rings. The molecule has 1 heterocycles. The number of hydrogen-bond acceptors (Lipinski definition) is 2. The van der Waals surface area contributed by atoms with Gasteiger partial charge in [0.05, 0.1) is 5.52 Å². The van der Waals surface area contributed by atoms with E-state index in [1.807, 2.05) is 24.3 Å². The topological polar surface area (TPSA) is 51.1 Å². The predicted octanol–water partition coefficient (Wildman–Crippen LogP) is 4.27. The highest BCUT2D eigenvalue weighted by Crippen LogP contribution is 2.15. The van der Waals surface area contributed by atoms with Crippen molar-refractivity contribution in [2.24, 2.45) is 7.05 Å². The van der Waals surface area contributed by atoms with Gasteiger partial charge in [0.1, 0.15) is 11.4 Å². The van der Waals surface area contributed by atoms with Gasteiger partial charge in [-0.05, 0) is 48.7 Å². The molecule has 0 unspecified atom stereocenters. The third-order valence-corrected chi connectivity index (χ3v) is 4.43. The molecule has 0 aliphatic heterocycles. The summed E-state index contributed by atoms with van der Waals surface area (Å²) in [5.74, 6) is -1.01. The second kappa shape index (κ2) is 7.52. The van der Waals surface area contributed by atoms with Crippen molar-refractivity contribution in [2.75, 3.05) is 5.32 Å². The highest BCUT2D eigenvalue weighted by Gasteiger charge is 2.15. The molecule has 0 saturated carbocycles. The number of aromatic nitrogens is 1. The van der Waals surface area contributed by atoms with Crippen LogP contribution in [0.5, 0.6) is 0 Å². The Morgan fingerprint density at radius 1 is 1.15 bits per heavy atom. The lowest BCUT2D eigenvalue weighted by atomic mass is 10.1. The quantitative estimate of drug-likeness (QED) is 0.745. The van der Waals surface area contributed by atoms with Crippen LogP contribution in [0.15, 0.2) is 53.5 Å². The SMILES string of the molecule is CCCCc1ccc(NC(=O)c2cn(C)c3ccc(F)cc3c2=O)cc1. The largest absolute Gasteiger partial charge is 0.350 e. The zero-order valence-corrected chi connectivity index (χ0v) is 14.9. The number of nitrogens with one attached hydrogen (secondary N) is 1. The van der Waals surface area contributed by atoms with Crippen LogP contribution in [0.2, 0.25) is 0 Å². The Labute approximate surface area is 151 Å². The van der Waals surface area contributed by atoms with Gasteiger partial charge in [-0.3, -0.25) is 9.59 Å². The molecular weight excluding hydrogens is 331 g/mol. The van der Waals surface area contributed by atoms with Crippen LogP contribution in [-0.2, 0) is 13.5 Å². The molecule has 1 N–H and O–H groups in total. The molecule has 2 aromatic carbocycles. The molecule has 1 aromatic heterocycles. The summed E-state index contributed by atoms with van der Waals surface area (Å²) in [6, 6.07) is 11.6. The molecule has 1 amide bonds. The summed E-state index contributed by atoms with van der Waals surface area (Å²) in [6.07, 6.45) is 4.73. The Hall–Kier alpha value is -2.95. The number of pyridine rings is 1. The van der Waals surface area contributed by atoms with Gasteiger partial charge in [0.2, 0.25) is 5.43 Å². The van der Waals surface area contributed by atoms with Crippen molar-refractivity contribution < 1.29 is 9.18 Å². The van der Waals surface area contributed by atoms with Gasteiger partial charge < -0.3 is 9.88 Å². The third kappa shape index (κ3) is 3.67. The Kier molecular flexibility index (Phi) is 5.16. The summed E-state index contributed by atoms with van der Waals surface area (Å²) >= 11 is 0. The van der Waals surface area contributed by atoms with Gasteiger partial charge in [0.15, 0.2) is 0 Å². The Balaban J connectivity index is 1.88. The van der Waals surface area contributed by atoms with Gasteiger partial charge in [-0.1, -0.05) is 25.5 Å². The molecule has 5 heteroatoms. The average Bonchev–Trinajstić information content (AvgIpc) is 2.64. The molecule has 26 heavy (non-hydrogen) atoms. The smallest absolute Gasteiger partial charge is 0.261 e. The fourth-order valence-electron chi connectivity index (χ4n) is 2.96. The van der Waals surface area contributed by atoms with E-state index in [-0.39, 0.29) is 10.9 Å². The summed E-state index contributed by atoms with van der Waals surface area (Å²) in [5, 5.41) is 2.93. The standard InChI is InChI=1S/C21H21FN2O2/c1-3-4-5-14-6-9-16(10-7-14)23-21(26)18-13-24(2)19-11-8-15(22)12-17(19)20(18)25/h6-13H,3-5H2,1-2H3,(H,23,26). The highest BCUT2D eigenvalue weighted by molar-refractivity contribution is 6.05. The van der Waals surface area contributed by atoms with E-state index in [9.17, 15) is 14.0 Å². The summed E-state index contributed by atoms with van der Waals surface area (Å²) in [7, 11) is 1.72. The number of carbonyl (C=O) groups is 1. The summed E-state index contributed by atoms with van der Waals surface area (Å²) in [4.78, 5) is 25.2. The number of rotatable bonds is 5. The first kappa shape index (κ1) is 17.9. The normalized spacial score (nSPS) is 10.9. The zero-order chi connectivity index (χ0) is 18.7. The van der Waals surface area contributed by atoms with Crippen LogP contribution in [0.1, 0.15) is 35.7 Å². The molecule has 134 valence electrons. The van der Waals surface area contributed by atoms with E-state index in [0.29, 0.717) is 11.2 Å². The fraction of sp³-hybridized carbons (Fsp3) is 0.238. The molecular formula is C21H21FN2O2. The molecule has 4 nitrogen and oxygen atoms in total. The second-order valence-corrected chi connectivity index (χ2v) is 6.40. The van der Waals surface area contributed by atoms with Gasteiger partial charge in [-0.15, -0.1) is 0 Å². The third-order valence-electron chi connectivity index (χ3n) is 4.43. The van der Waals surface area contributed by atoms with Crippen molar-refractivity contribution in [3.8, 4) is 0 Å². The Morgan fingerprint density at radius 3 is 2.58 bits per heavy atom. The number of fused-ring (bicyclic) bond motifs is 1. The van der Waals surface area contributed by atoms with Crippen molar-refractivity contribution in [2.45, 2.75) is 26.2 Å². The van der Waals surface area contributed by atoms with E-state index < -0.39 is 17.2 Å². The van der Waals surface area contributed by atoms with Crippen molar-refractivity contribution in [1.82, 2.24) is 4.57 Å². The van der Waals surface area contributed by atoms with Crippen molar-refractivity contribution in [3.05, 3.63) is 75.8 Å². The van der Waals surface area contributed by atoms with Crippen molar-refractivity contribution in [1.29, 1.82) is 0 Å². The summed E-state index contributed by atoms with van der Waals surface area (Å²) in [5.41, 5.74) is 1.92. The second-order valence-electron chi connectivity index (χ2n) is 6.40. The highest BCUT2D eigenvalue weighted by atomic mass is 19.1. The maximum Gasteiger partial charge on any atom is 0.261 e. The molecule has 0 saturated heterocycles. The first-order valence-corrected chi connectivity index (χ1v) is 8.68. The van der Waals surface area contributed by atoms with E-state index in [4.69, 9.17) is 0 Å². The van der Waals surface area contributed by atoms with Crippen molar-refractivity contribution in [3.63, 3.8) is 0 Å². The lowest BCUT2D eigenvalue weighted by Gasteiger charge is -2.10. The van der Waals surface area contributed by atoms with Gasteiger partial charge in [0, 0.05) is 24.3 Å². The maximum atomic E-state index is 13.5. The average molecular weight is 352 g/mol. The maximum absolute atomic E-state index is 13.5. The summed E-state index contributed by atoms with van der Waals surface area (Å²) in [6.45, 7) is 2.14. The molecule has 0 aliphatic rings. The van der Waals surface area contributed by atoms with Crippen LogP contribution in [0.4, 0.5) is 10.1 Å². The van der Waals surface area contributed by atoms with E-state index in [1.54, 1.807) is 11.6 Å². The monoisotopic (exact) mass is 352 g/mol. The number of aryl methyl sites for hydroxylation is 2. The first-order valence-electron chi connectivity index (χ1n) is 8.68. The van der Waals surface area contributed by atoms with E-state index in [2.05, 4.69) is 12.2 Å². The van der Waals surface area contributed by atoms with Gasteiger partial charge >= 0.3 is 0 Å². The number of halogens is 1. The van der Waals surface area contributed by atoms with Crippen LogP contribution in [0, 0.1) is 5.82 Å². The van der Waals surface area contributed by atoms with Crippen LogP contribution in [0.25, 0.3) is 10.9 Å². The zero-order valence-electron chi connectivity index (χ0n) is 14.9. The number of hydrogen-bond donors (Lipinski definition) is 1. The number of amides is 1. The lowest BCUT2D eigenvalue weighted by Crippen LogP contribution is -2.23. The minimum Gasteiger partial charge on any atom is -0.350 e. The van der Waals surface area contributed by atoms with Crippen LogP contribution in [0.3, 0.4) is 0 Å². The first-order chi connectivity index (χ1) is 12.5. The molecule has 0 bridgehead atoms. The molecule has 0 radical (unpaired) electrons. The molecule has 0 aliphatic carbocycles. The fourth-order valence-corrected chi connectivity index (χ4v) is 2.96. The molecule has 0 fully saturated rings. The van der Waals surface area contributed by atoms with Gasteiger partial charge in [-0.2, -0.15) is 0 Å². The van der Waals surface area contributed by atoms with E-state index >= 15 is 0 Å². The minimum atomic E-state index is -0.505. The van der Waals surface area contributed by atoms with E-state index in [1.165, 1.54) is 23.9 Å². The molecule has 0 spiro atoms. The number of carbonyl (C=O) groups excluding carboxylic acids is 1. The minimum absolute atomic E-state index is 0.0133. The van der Waals surface area contributed by atoms with Gasteiger partial charge in [0.25, 0.3) is 5.91 Å². The summed E-state index contributed by atoms with van der Waals surface area (Å²) < 4.78 is 15.2. The number of unbranched alkanes of at least 4 members (excludes halogenated alkanes) is 1. The Morgan fingerprint density at radius 2 is 1.88 bits per heavy atom. The Bertz CT molecular complexity index is 1010. The van der Waals surface area contributed by atoms with Crippen LogP contribution in [-0.4, -0.2) is 10.5 Å². The molecule has 3 rings (SSSR count).